The molecular formula is C18H20FNO4S. The van der Waals surface area contributed by atoms with Crippen molar-refractivity contribution >= 4 is 10.0 Å². The largest absolute Gasteiger partial charge is 0.497 e. The van der Waals surface area contributed by atoms with Gasteiger partial charge in [-0.25, -0.2) is 12.8 Å². The van der Waals surface area contributed by atoms with Gasteiger partial charge in [-0.05, 0) is 43.2 Å². The molecule has 0 bridgehead atoms. The fourth-order valence-electron chi connectivity index (χ4n) is 3.17. The second kappa shape index (κ2) is 7.01. The summed E-state index contributed by atoms with van der Waals surface area (Å²) in [5.74, 6) is 0.769. The van der Waals surface area contributed by atoms with Crippen LogP contribution >= 0.6 is 0 Å². The van der Waals surface area contributed by atoms with Crippen LogP contribution in [0.4, 0.5) is 4.39 Å². The van der Waals surface area contributed by atoms with Crippen LogP contribution in [0.25, 0.3) is 0 Å². The van der Waals surface area contributed by atoms with Gasteiger partial charge in [0.25, 0.3) is 0 Å². The lowest BCUT2D eigenvalue weighted by molar-refractivity contribution is 0.361. The summed E-state index contributed by atoms with van der Waals surface area (Å²) in [6, 6.07) is 9.96. The normalized spacial score (nSPS) is 18.3. The minimum Gasteiger partial charge on any atom is -0.497 e. The molecule has 5 nitrogen and oxygen atoms in total. The lowest BCUT2D eigenvalue weighted by atomic mass is 10.0. The van der Waals surface area contributed by atoms with Crippen molar-refractivity contribution in [3.8, 4) is 11.5 Å². The Kier molecular flexibility index (Phi) is 4.96. The fourth-order valence-corrected chi connectivity index (χ4v) is 4.85. The van der Waals surface area contributed by atoms with Gasteiger partial charge in [0.05, 0.1) is 25.2 Å². The Balaban J connectivity index is 1.99. The maximum atomic E-state index is 13.1. The van der Waals surface area contributed by atoms with E-state index in [-0.39, 0.29) is 10.9 Å². The van der Waals surface area contributed by atoms with Gasteiger partial charge in [-0.2, -0.15) is 4.31 Å². The molecule has 1 saturated heterocycles. The third-order valence-electron chi connectivity index (χ3n) is 4.42. The van der Waals surface area contributed by atoms with Crippen LogP contribution in [0, 0.1) is 5.82 Å². The van der Waals surface area contributed by atoms with Crippen molar-refractivity contribution in [2.45, 2.75) is 23.8 Å². The average Bonchev–Trinajstić information content (AvgIpc) is 3.12. The zero-order chi connectivity index (χ0) is 18.0. The van der Waals surface area contributed by atoms with Gasteiger partial charge in [0.15, 0.2) is 0 Å². The maximum Gasteiger partial charge on any atom is 0.243 e. The number of nitrogens with zero attached hydrogens (tertiary/aromatic N) is 1. The molecule has 134 valence electrons. The van der Waals surface area contributed by atoms with Crippen LogP contribution in [0.15, 0.2) is 47.4 Å². The molecule has 2 aromatic carbocycles. The fraction of sp³-hybridized carbons (Fsp3) is 0.333. The van der Waals surface area contributed by atoms with Gasteiger partial charge >= 0.3 is 0 Å². The summed E-state index contributed by atoms with van der Waals surface area (Å²) >= 11 is 0. The molecule has 0 saturated carbocycles. The predicted octanol–water partition coefficient (Wildman–Crippen LogP) is 3.37. The topological polar surface area (TPSA) is 55.8 Å². The van der Waals surface area contributed by atoms with Gasteiger partial charge in [-0.3, -0.25) is 0 Å². The maximum absolute atomic E-state index is 13.1. The summed E-state index contributed by atoms with van der Waals surface area (Å²) < 4.78 is 51.2. The van der Waals surface area contributed by atoms with Crippen LogP contribution in [-0.4, -0.2) is 33.5 Å². The molecule has 25 heavy (non-hydrogen) atoms. The van der Waals surface area contributed by atoms with E-state index in [0.717, 1.165) is 24.1 Å². The number of sulfonamides is 1. The molecule has 0 spiro atoms. The summed E-state index contributed by atoms with van der Waals surface area (Å²) in [6.07, 6.45) is 1.45. The molecule has 1 unspecified atom stereocenters. The number of hydrogen-bond donors (Lipinski definition) is 0. The third kappa shape index (κ3) is 3.34. The van der Waals surface area contributed by atoms with E-state index in [4.69, 9.17) is 9.47 Å². The Bertz CT molecular complexity index is 852. The van der Waals surface area contributed by atoms with E-state index in [1.54, 1.807) is 26.4 Å². The molecule has 3 rings (SSSR count). The molecular weight excluding hydrogens is 345 g/mol. The predicted molar refractivity (Wildman–Crippen MR) is 91.8 cm³/mol. The summed E-state index contributed by atoms with van der Waals surface area (Å²) in [5, 5.41) is 0. The second-order valence-corrected chi connectivity index (χ2v) is 7.73. The molecule has 0 N–H and O–H groups in total. The molecule has 0 aromatic heterocycles. The third-order valence-corrected chi connectivity index (χ3v) is 6.35. The van der Waals surface area contributed by atoms with Crippen molar-refractivity contribution in [1.29, 1.82) is 0 Å². The highest BCUT2D eigenvalue weighted by molar-refractivity contribution is 7.89. The van der Waals surface area contributed by atoms with E-state index in [2.05, 4.69) is 0 Å². The molecule has 0 aliphatic carbocycles. The van der Waals surface area contributed by atoms with Crippen molar-refractivity contribution in [3.05, 3.63) is 53.8 Å². The molecule has 2 aromatic rings. The number of rotatable bonds is 5. The molecule has 0 radical (unpaired) electrons. The number of hydrogen-bond acceptors (Lipinski definition) is 4. The highest BCUT2D eigenvalue weighted by Gasteiger charge is 2.37. The van der Waals surface area contributed by atoms with Crippen molar-refractivity contribution in [2.24, 2.45) is 0 Å². The van der Waals surface area contributed by atoms with E-state index in [9.17, 15) is 12.8 Å². The Morgan fingerprint density at radius 1 is 1.08 bits per heavy atom. The lowest BCUT2D eigenvalue weighted by Gasteiger charge is -2.26. The van der Waals surface area contributed by atoms with E-state index >= 15 is 0 Å². The lowest BCUT2D eigenvalue weighted by Crippen LogP contribution is -2.30. The van der Waals surface area contributed by atoms with Gasteiger partial charge in [-0.15, -0.1) is 0 Å². The Labute approximate surface area is 147 Å². The van der Waals surface area contributed by atoms with Gasteiger partial charge in [0.1, 0.15) is 17.3 Å². The summed E-state index contributed by atoms with van der Waals surface area (Å²) in [5.41, 5.74) is 0.798. The number of ether oxygens (including phenoxy) is 2. The zero-order valence-corrected chi connectivity index (χ0v) is 14.9. The highest BCUT2D eigenvalue weighted by atomic mass is 32.2. The monoisotopic (exact) mass is 365 g/mol. The minimum absolute atomic E-state index is 0.0910. The minimum atomic E-state index is -3.71. The molecule has 1 heterocycles. The molecule has 1 fully saturated rings. The first-order valence-corrected chi connectivity index (χ1v) is 9.40. The molecule has 7 heteroatoms. The quantitative estimate of drug-likeness (QED) is 0.815. The Hall–Kier alpha value is -2.12. The van der Waals surface area contributed by atoms with Crippen molar-refractivity contribution in [2.75, 3.05) is 20.8 Å². The van der Waals surface area contributed by atoms with Gasteiger partial charge in [0, 0.05) is 18.2 Å². The van der Waals surface area contributed by atoms with Crippen molar-refractivity contribution in [3.63, 3.8) is 0 Å². The highest BCUT2D eigenvalue weighted by Crippen LogP contribution is 2.41. The first-order valence-electron chi connectivity index (χ1n) is 7.96. The Morgan fingerprint density at radius 2 is 1.80 bits per heavy atom. The van der Waals surface area contributed by atoms with Crippen LogP contribution in [0.3, 0.4) is 0 Å². The first-order chi connectivity index (χ1) is 12.0. The van der Waals surface area contributed by atoms with Crippen molar-refractivity contribution in [1.82, 2.24) is 4.31 Å². The first kappa shape index (κ1) is 17.7. The van der Waals surface area contributed by atoms with Gasteiger partial charge < -0.3 is 9.47 Å². The van der Waals surface area contributed by atoms with E-state index < -0.39 is 15.8 Å². The number of halogens is 1. The molecule has 1 aliphatic rings. The summed E-state index contributed by atoms with van der Waals surface area (Å²) in [4.78, 5) is 0.0910. The molecule has 0 amide bonds. The van der Waals surface area contributed by atoms with Crippen LogP contribution in [-0.2, 0) is 10.0 Å². The Morgan fingerprint density at radius 3 is 2.44 bits per heavy atom. The SMILES string of the molecule is COc1ccc(C2CCCN2S(=O)(=O)c2ccc(F)cc2)c(OC)c1. The van der Waals surface area contributed by atoms with E-state index in [0.29, 0.717) is 24.5 Å². The van der Waals surface area contributed by atoms with Crippen LogP contribution in [0.1, 0.15) is 24.4 Å². The average molecular weight is 365 g/mol. The molecule has 1 aliphatic heterocycles. The smallest absolute Gasteiger partial charge is 0.243 e. The summed E-state index contributed by atoms with van der Waals surface area (Å²) in [7, 11) is -0.601. The van der Waals surface area contributed by atoms with Crippen LogP contribution < -0.4 is 9.47 Å². The second-order valence-electron chi connectivity index (χ2n) is 5.84. The van der Waals surface area contributed by atoms with E-state index in [1.165, 1.54) is 16.4 Å². The van der Waals surface area contributed by atoms with Crippen molar-refractivity contribution < 1.29 is 22.3 Å². The van der Waals surface area contributed by atoms with Gasteiger partial charge in [-0.1, -0.05) is 6.07 Å². The van der Waals surface area contributed by atoms with Crippen LogP contribution in [0.5, 0.6) is 11.5 Å². The van der Waals surface area contributed by atoms with Crippen LogP contribution in [0.2, 0.25) is 0 Å². The summed E-state index contributed by atoms with van der Waals surface area (Å²) in [6.45, 7) is 0.416. The standard InChI is InChI=1S/C18H20FNO4S/c1-23-14-7-10-16(18(12-14)24-2)17-4-3-11-20(17)25(21,22)15-8-5-13(19)6-9-15/h5-10,12,17H,3-4,11H2,1-2H3. The number of benzene rings is 2. The van der Waals surface area contributed by atoms with E-state index in [1.807, 2.05) is 6.07 Å². The zero-order valence-electron chi connectivity index (χ0n) is 14.1. The molecule has 1 atom stereocenters. The van der Waals surface area contributed by atoms with Gasteiger partial charge in [0.2, 0.25) is 10.0 Å². The number of methoxy groups -OCH3 is 2.